The van der Waals surface area contributed by atoms with Gasteiger partial charge in [-0.05, 0) is 24.3 Å². The number of nitro groups is 1. The highest BCUT2D eigenvalue weighted by Gasteiger charge is 2.29. The molecule has 8 nitrogen and oxygen atoms in total. The van der Waals surface area contributed by atoms with E-state index in [9.17, 15) is 22.9 Å². The number of non-ortho nitro benzene ring substituents is 1. The Kier molecular flexibility index (Phi) is 5.92. The Labute approximate surface area is 162 Å². The second-order valence-corrected chi connectivity index (χ2v) is 8.33. The lowest BCUT2D eigenvalue weighted by Crippen LogP contribution is -2.48. The molecule has 1 aliphatic rings. The molecule has 0 saturated carbocycles. The van der Waals surface area contributed by atoms with Crippen LogP contribution in [0, 0.1) is 15.9 Å². The van der Waals surface area contributed by atoms with Gasteiger partial charge >= 0.3 is 0 Å². The predicted octanol–water partition coefficient (Wildman–Crippen LogP) is 2.25. The zero-order valence-electron chi connectivity index (χ0n) is 15.2. The van der Waals surface area contributed by atoms with E-state index in [4.69, 9.17) is 4.74 Å². The van der Waals surface area contributed by atoms with E-state index in [-0.39, 0.29) is 29.5 Å². The minimum Gasteiger partial charge on any atom is -0.496 e. The summed E-state index contributed by atoms with van der Waals surface area (Å²) in [6.07, 6.45) is 0. The van der Waals surface area contributed by atoms with Crippen molar-refractivity contribution in [3.05, 3.63) is 64.0 Å². The number of hydrogen-bond donors (Lipinski definition) is 0. The first-order chi connectivity index (χ1) is 13.3. The van der Waals surface area contributed by atoms with Crippen LogP contribution in [0.2, 0.25) is 0 Å². The van der Waals surface area contributed by atoms with E-state index in [0.717, 1.165) is 6.07 Å². The van der Waals surface area contributed by atoms with Crippen molar-refractivity contribution >= 4 is 15.7 Å². The zero-order valence-corrected chi connectivity index (χ0v) is 16.1. The van der Waals surface area contributed by atoms with E-state index in [2.05, 4.69) is 0 Å². The van der Waals surface area contributed by atoms with Crippen molar-refractivity contribution < 1.29 is 22.5 Å². The van der Waals surface area contributed by atoms with Crippen LogP contribution in [-0.2, 0) is 16.6 Å². The van der Waals surface area contributed by atoms with Crippen LogP contribution in [0.4, 0.5) is 10.1 Å². The smallest absolute Gasteiger partial charge is 0.270 e. The molecule has 0 bridgehead atoms. The molecule has 2 aromatic carbocycles. The summed E-state index contributed by atoms with van der Waals surface area (Å²) in [5.41, 5.74) is 0.426. The van der Waals surface area contributed by atoms with Crippen molar-refractivity contribution in [2.24, 2.45) is 0 Å². The first-order valence-electron chi connectivity index (χ1n) is 8.60. The minimum atomic E-state index is -3.82. The Morgan fingerprint density at radius 3 is 2.50 bits per heavy atom. The van der Waals surface area contributed by atoms with Crippen LogP contribution in [0.25, 0.3) is 0 Å². The topological polar surface area (TPSA) is 93.0 Å². The Bertz CT molecular complexity index is 975. The lowest BCUT2D eigenvalue weighted by molar-refractivity contribution is -0.385. The van der Waals surface area contributed by atoms with Gasteiger partial charge in [-0.15, -0.1) is 0 Å². The molecule has 10 heteroatoms. The molecular formula is C18H20FN3O5S. The van der Waals surface area contributed by atoms with E-state index in [1.807, 2.05) is 4.90 Å². The maximum Gasteiger partial charge on any atom is 0.270 e. The second-order valence-electron chi connectivity index (χ2n) is 6.39. The molecule has 1 fully saturated rings. The summed E-state index contributed by atoms with van der Waals surface area (Å²) in [5.74, 6) is 0.218. The molecule has 0 atom stereocenters. The molecule has 0 unspecified atom stereocenters. The number of ether oxygens (including phenoxy) is 1. The van der Waals surface area contributed by atoms with Gasteiger partial charge in [0, 0.05) is 50.4 Å². The van der Waals surface area contributed by atoms with Gasteiger partial charge in [-0.25, -0.2) is 12.8 Å². The number of piperazine rings is 1. The standard InChI is InChI=1S/C18H20FN3O5S/c1-27-18-6-5-15(19)11-14(18)13-20-7-9-21(10-8-20)28(25,26)17-4-2-3-16(12-17)22(23)24/h2-6,11-12H,7-10,13H2,1H3. The molecule has 1 heterocycles. The van der Waals surface area contributed by atoms with Crippen LogP contribution in [0.5, 0.6) is 5.75 Å². The molecule has 1 aliphatic heterocycles. The Balaban J connectivity index is 1.69. The number of rotatable bonds is 6. The van der Waals surface area contributed by atoms with Gasteiger partial charge in [0.25, 0.3) is 5.69 Å². The van der Waals surface area contributed by atoms with E-state index < -0.39 is 14.9 Å². The average molecular weight is 409 g/mol. The monoisotopic (exact) mass is 409 g/mol. The van der Waals surface area contributed by atoms with Gasteiger partial charge in [0.2, 0.25) is 10.0 Å². The highest BCUT2D eigenvalue weighted by Crippen LogP contribution is 2.24. The molecule has 0 spiro atoms. The molecule has 1 saturated heterocycles. The van der Waals surface area contributed by atoms with Gasteiger partial charge < -0.3 is 4.74 Å². The summed E-state index contributed by atoms with van der Waals surface area (Å²) < 4.78 is 45.7. The number of benzene rings is 2. The van der Waals surface area contributed by atoms with Crippen molar-refractivity contribution in [3.8, 4) is 5.75 Å². The van der Waals surface area contributed by atoms with Gasteiger partial charge in [-0.1, -0.05) is 6.07 Å². The van der Waals surface area contributed by atoms with E-state index in [0.29, 0.717) is 30.9 Å². The fourth-order valence-corrected chi connectivity index (χ4v) is 4.61. The molecule has 0 radical (unpaired) electrons. The molecular weight excluding hydrogens is 389 g/mol. The predicted molar refractivity (Wildman–Crippen MR) is 100 cm³/mol. The van der Waals surface area contributed by atoms with Gasteiger partial charge in [-0.3, -0.25) is 15.0 Å². The molecule has 0 amide bonds. The van der Waals surface area contributed by atoms with Crippen molar-refractivity contribution in [2.45, 2.75) is 11.4 Å². The summed E-state index contributed by atoms with van der Waals surface area (Å²) in [5, 5.41) is 10.9. The first-order valence-corrected chi connectivity index (χ1v) is 10.0. The Morgan fingerprint density at radius 2 is 1.86 bits per heavy atom. The van der Waals surface area contributed by atoms with Crippen LogP contribution in [0.15, 0.2) is 47.4 Å². The normalized spacial score (nSPS) is 16.1. The van der Waals surface area contributed by atoms with Crippen molar-refractivity contribution in [2.75, 3.05) is 33.3 Å². The molecule has 2 aromatic rings. The molecule has 0 N–H and O–H groups in total. The number of sulfonamides is 1. The van der Waals surface area contributed by atoms with Gasteiger partial charge in [0.1, 0.15) is 11.6 Å². The SMILES string of the molecule is COc1ccc(F)cc1CN1CCN(S(=O)(=O)c2cccc([N+](=O)[O-])c2)CC1. The Hall–Kier alpha value is -2.56. The highest BCUT2D eigenvalue weighted by atomic mass is 32.2. The number of hydrogen-bond acceptors (Lipinski definition) is 6. The zero-order chi connectivity index (χ0) is 20.3. The lowest BCUT2D eigenvalue weighted by atomic mass is 10.1. The largest absolute Gasteiger partial charge is 0.496 e. The van der Waals surface area contributed by atoms with Crippen molar-refractivity contribution in [1.29, 1.82) is 0 Å². The molecule has 3 rings (SSSR count). The number of methoxy groups -OCH3 is 1. The van der Waals surface area contributed by atoms with E-state index >= 15 is 0 Å². The van der Waals surface area contributed by atoms with E-state index in [1.165, 1.54) is 41.7 Å². The van der Waals surface area contributed by atoms with Crippen LogP contribution < -0.4 is 4.74 Å². The summed E-state index contributed by atoms with van der Waals surface area (Å²) >= 11 is 0. The first kappa shape index (κ1) is 20.2. The maximum atomic E-state index is 13.5. The fourth-order valence-electron chi connectivity index (χ4n) is 3.15. The number of nitro benzene ring substituents is 1. The number of nitrogens with zero attached hydrogens (tertiary/aromatic N) is 3. The second kappa shape index (κ2) is 8.21. The quantitative estimate of drug-likeness (QED) is 0.537. The van der Waals surface area contributed by atoms with Gasteiger partial charge in [0.05, 0.1) is 16.9 Å². The highest BCUT2D eigenvalue weighted by molar-refractivity contribution is 7.89. The average Bonchev–Trinajstić information content (AvgIpc) is 2.69. The summed E-state index contributed by atoms with van der Waals surface area (Å²) in [6.45, 7) is 1.82. The van der Waals surface area contributed by atoms with Crippen LogP contribution in [0.3, 0.4) is 0 Å². The summed E-state index contributed by atoms with van der Waals surface area (Å²) in [7, 11) is -2.30. The fraction of sp³-hybridized carbons (Fsp3) is 0.333. The van der Waals surface area contributed by atoms with Crippen LogP contribution >= 0.6 is 0 Å². The summed E-state index contributed by atoms with van der Waals surface area (Å²) in [6, 6.07) is 9.33. The lowest BCUT2D eigenvalue weighted by Gasteiger charge is -2.34. The molecule has 28 heavy (non-hydrogen) atoms. The van der Waals surface area contributed by atoms with Crippen molar-refractivity contribution in [3.63, 3.8) is 0 Å². The van der Waals surface area contributed by atoms with Gasteiger partial charge in [0.15, 0.2) is 0 Å². The van der Waals surface area contributed by atoms with Crippen LogP contribution in [0.1, 0.15) is 5.56 Å². The number of halogens is 1. The van der Waals surface area contributed by atoms with Crippen molar-refractivity contribution in [1.82, 2.24) is 9.21 Å². The van der Waals surface area contributed by atoms with E-state index in [1.54, 1.807) is 6.07 Å². The summed E-state index contributed by atoms with van der Waals surface area (Å²) in [4.78, 5) is 12.2. The molecule has 0 aliphatic carbocycles. The minimum absolute atomic E-state index is 0.0954. The third kappa shape index (κ3) is 4.29. The Morgan fingerprint density at radius 1 is 1.14 bits per heavy atom. The molecule has 0 aromatic heterocycles. The van der Waals surface area contributed by atoms with Crippen LogP contribution in [-0.4, -0.2) is 55.8 Å². The molecule has 150 valence electrons. The maximum absolute atomic E-state index is 13.5. The third-order valence-corrected chi connectivity index (χ3v) is 6.53. The van der Waals surface area contributed by atoms with Gasteiger partial charge in [-0.2, -0.15) is 4.31 Å². The third-order valence-electron chi connectivity index (χ3n) is 4.63.